The summed E-state index contributed by atoms with van der Waals surface area (Å²) < 4.78 is 8.01. The molecule has 0 saturated carbocycles. The summed E-state index contributed by atoms with van der Waals surface area (Å²) in [6.45, 7) is 3.24. The van der Waals surface area contributed by atoms with Gasteiger partial charge in [-0.1, -0.05) is 71.9 Å². The van der Waals surface area contributed by atoms with Crippen LogP contribution in [0, 0.1) is 6.92 Å². The molecule has 4 heteroatoms. The number of ether oxygens (including phenoxy) is 1. The zero-order valence-electron chi connectivity index (χ0n) is 14.1. The normalized spacial score (nSPS) is 10.9. The molecule has 0 aliphatic carbocycles. The first-order valence-electron chi connectivity index (χ1n) is 8.35. The van der Waals surface area contributed by atoms with E-state index in [0.29, 0.717) is 13.2 Å². The number of hydrogen-bond acceptors (Lipinski definition) is 3. The number of aryl methyl sites for hydroxylation is 1. The molecule has 0 spiro atoms. The highest BCUT2D eigenvalue weighted by atomic mass is 16.5. The third-order valence-corrected chi connectivity index (χ3v) is 4.24. The van der Waals surface area contributed by atoms with Gasteiger partial charge >= 0.3 is 0 Å². The summed E-state index contributed by atoms with van der Waals surface area (Å²) in [7, 11) is 0. The smallest absolute Gasteiger partial charge is 0.147 e. The van der Waals surface area contributed by atoms with Crippen molar-refractivity contribution in [2.45, 2.75) is 20.1 Å². The zero-order chi connectivity index (χ0) is 17.1. The van der Waals surface area contributed by atoms with Crippen LogP contribution in [0.1, 0.15) is 16.7 Å². The Bertz CT molecular complexity index is 978. The van der Waals surface area contributed by atoms with Gasteiger partial charge < -0.3 is 4.74 Å². The van der Waals surface area contributed by atoms with E-state index in [2.05, 4.69) is 34.6 Å². The first-order chi connectivity index (χ1) is 12.3. The summed E-state index contributed by atoms with van der Waals surface area (Å²) in [6.07, 6.45) is 0. The Labute approximate surface area is 146 Å². The van der Waals surface area contributed by atoms with Crippen molar-refractivity contribution in [1.82, 2.24) is 15.0 Å². The molecule has 0 aliphatic heterocycles. The van der Waals surface area contributed by atoms with E-state index < -0.39 is 0 Å². The Morgan fingerprint density at radius 3 is 2.24 bits per heavy atom. The van der Waals surface area contributed by atoms with Gasteiger partial charge in [0, 0.05) is 0 Å². The van der Waals surface area contributed by atoms with E-state index in [9.17, 15) is 0 Å². The highest BCUT2D eigenvalue weighted by Crippen LogP contribution is 2.28. The van der Waals surface area contributed by atoms with Crippen molar-refractivity contribution >= 4 is 11.0 Å². The number of benzene rings is 3. The van der Waals surface area contributed by atoms with Gasteiger partial charge in [0.1, 0.15) is 23.4 Å². The highest BCUT2D eigenvalue weighted by Gasteiger charge is 2.13. The van der Waals surface area contributed by atoms with E-state index in [0.717, 1.165) is 27.9 Å². The lowest BCUT2D eigenvalue weighted by Crippen LogP contribution is -2.04. The minimum absolute atomic E-state index is 0.523. The first kappa shape index (κ1) is 15.4. The molecule has 0 fully saturated rings. The molecule has 0 amide bonds. The minimum Gasteiger partial charge on any atom is -0.487 e. The van der Waals surface area contributed by atoms with Crippen LogP contribution in [0.15, 0.2) is 72.8 Å². The van der Waals surface area contributed by atoms with Crippen molar-refractivity contribution in [3.8, 4) is 5.75 Å². The highest BCUT2D eigenvalue weighted by molar-refractivity contribution is 5.84. The van der Waals surface area contributed by atoms with Crippen LogP contribution in [0.5, 0.6) is 5.75 Å². The van der Waals surface area contributed by atoms with Crippen LogP contribution in [-0.4, -0.2) is 15.0 Å². The summed E-state index contributed by atoms with van der Waals surface area (Å²) in [5, 5.41) is 8.72. The summed E-state index contributed by atoms with van der Waals surface area (Å²) in [4.78, 5) is 0. The van der Waals surface area contributed by atoms with Crippen molar-refractivity contribution in [3.63, 3.8) is 0 Å². The second-order valence-corrected chi connectivity index (χ2v) is 6.08. The lowest BCUT2D eigenvalue weighted by Gasteiger charge is -2.10. The van der Waals surface area contributed by atoms with Gasteiger partial charge in [-0.25, -0.2) is 4.68 Å². The molecule has 0 radical (unpaired) electrons. The number of aromatic nitrogens is 3. The average Bonchev–Trinajstić information content (AvgIpc) is 3.08. The molecule has 4 nitrogen and oxygen atoms in total. The van der Waals surface area contributed by atoms with Crippen molar-refractivity contribution in [1.29, 1.82) is 0 Å². The van der Waals surface area contributed by atoms with Crippen LogP contribution >= 0.6 is 0 Å². The van der Waals surface area contributed by atoms with Gasteiger partial charge in [0.25, 0.3) is 0 Å². The van der Waals surface area contributed by atoms with E-state index in [4.69, 9.17) is 4.74 Å². The van der Waals surface area contributed by atoms with Gasteiger partial charge in [0.2, 0.25) is 0 Å². The molecule has 0 unspecified atom stereocenters. The van der Waals surface area contributed by atoms with E-state index in [-0.39, 0.29) is 0 Å². The number of rotatable bonds is 5. The maximum atomic E-state index is 6.10. The number of fused-ring (bicyclic) bond motifs is 1. The molecule has 0 atom stereocenters. The van der Waals surface area contributed by atoms with Crippen LogP contribution in [0.4, 0.5) is 0 Å². The van der Waals surface area contributed by atoms with Crippen LogP contribution in [-0.2, 0) is 13.2 Å². The summed E-state index contributed by atoms with van der Waals surface area (Å²) in [5.41, 5.74) is 5.26. The molecule has 0 N–H and O–H groups in total. The topological polar surface area (TPSA) is 39.9 Å². The van der Waals surface area contributed by atoms with Gasteiger partial charge in [-0.2, -0.15) is 0 Å². The summed E-state index contributed by atoms with van der Waals surface area (Å²) in [6, 6.07) is 24.5. The third-order valence-electron chi connectivity index (χ3n) is 4.24. The molecule has 1 aromatic heterocycles. The monoisotopic (exact) mass is 329 g/mol. The van der Waals surface area contributed by atoms with Gasteiger partial charge in [-0.05, 0) is 29.7 Å². The van der Waals surface area contributed by atoms with E-state index in [1.54, 1.807) is 0 Å². The fourth-order valence-corrected chi connectivity index (χ4v) is 2.90. The van der Waals surface area contributed by atoms with E-state index >= 15 is 0 Å². The van der Waals surface area contributed by atoms with Gasteiger partial charge in [0.15, 0.2) is 0 Å². The Morgan fingerprint density at radius 1 is 0.840 bits per heavy atom. The minimum atomic E-state index is 0.523. The SMILES string of the molecule is Cc1ccc(OCc2ccccc2)c2c1nnn2Cc1ccccc1. The van der Waals surface area contributed by atoms with Crippen molar-refractivity contribution in [2.24, 2.45) is 0 Å². The maximum Gasteiger partial charge on any atom is 0.147 e. The van der Waals surface area contributed by atoms with Crippen LogP contribution in [0.3, 0.4) is 0 Å². The van der Waals surface area contributed by atoms with Gasteiger partial charge in [-0.3, -0.25) is 0 Å². The molecule has 3 aromatic carbocycles. The molecule has 0 bridgehead atoms. The number of nitrogens with zero attached hydrogens (tertiary/aromatic N) is 3. The lowest BCUT2D eigenvalue weighted by atomic mass is 10.2. The predicted molar refractivity (Wildman–Crippen MR) is 98.6 cm³/mol. The third kappa shape index (κ3) is 3.24. The standard InChI is InChI=1S/C21H19N3O/c1-16-12-13-19(25-15-18-10-6-3-7-11-18)21-20(16)22-23-24(21)14-17-8-4-2-5-9-17/h2-13H,14-15H2,1H3. The van der Waals surface area contributed by atoms with Crippen molar-refractivity contribution in [2.75, 3.05) is 0 Å². The Kier molecular flexibility index (Phi) is 4.17. The molecule has 1 heterocycles. The molecule has 4 rings (SSSR count). The fourth-order valence-electron chi connectivity index (χ4n) is 2.90. The second-order valence-electron chi connectivity index (χ2n) is 6.08. The van der Waals surface area contributed by atoms with Crippen LogP contribution in [0.25, 0.3) is 11.0 Å². The van der Waals surface area contributed by atoms with Crippen molar-refractivity contribution in [3.05, 3.63) is 89.5 Å². The number of hydrogen-bond donors (Lipinski definition) is 0. The predicted octanol–water partition coefficient (Wildman–Crippen LogP) is 4.37. The van der Waals surface area contributed by atoms with E-state index in [1.807, 2.05) is 60.1 Å². The molecule has 0 aliphatic rings. The van der Waals surface area contributed by atoms with E-state index in [1.165, 1.54) is 5.56 Å². The Balaban J connectivity index is 1.69. The molecular weight excluding hydrogens is 310 g/mol. The molecule has 4 aromatic rings. The van der Waals surface area contributed by atoms with Crippen molar-refractivity contribution < 1.29 is 4.74 Å². The quantitative estimate of drug-likeness (QED) is 0.546. The summed E-state index contributed by atoms with van der Waals surface area (Å²) in [5.74, 6) is 0.811. The maximum absolute atomic E-state index is 6.10. The average molecular weight is 329 g/mol. The summed E-state index contributed by atoms with van der Waals surface area (Å²) >= 11 is 0. The zero-order valence-corrected chi connectivity index (χ0v) is 14.1. The van der Waals surface area contributed by atoms with Gasteiger partial charge in [-0.15, -0.1) is 5.10 Å². The lowest BCUT2D eigenvalue weighted by molar-refractivity contribution is 0.308. The molecule has 124 valence electrons. The largest absolute Gasteiger partial charge is 0.487 e. The Hall–Kier alpha value is -3.14. The fraction of sp³-hybridized carbons (Fsp3) is 0.143. The second kappa shape index (κ2) is 6.77. The molecule has 0 saturated heterocycles. The van der Waals surface area contributed by atoms with Crippen LogP contribution < -0.4 is 4.74 Å². The molecule has 25 heavy (non-hydrogen) atoms. The Morgan fingerprint density at radius 2 is 1.52 bits per heavy atom. The first-order valence-corrected chi connectivity index (χ1v) is 8.35. The molecular formula is C21H19N3O. The van der Waals surface area contributed by atoms with Crippen LogP contribution in [0.2, 0.25) is 0 Å². The van der Waals surface area contributed by atoms with Gasteiger partial charge in [0.05, 0.1) is 6.54 Å².